The first-order valence-corrected chi connectivity index (χ1v) is 15.5. The Balaban J connectivity index is 1.35. The molecule has 0 fully saturated rings. The van der Waals surface area contributed by atoms with Crippen molar-refractivity contribution in [2.24, 2.45) is 16.5 Å². The number of phenolic OH excluding ortho intramolecular Hbond substituents is 1. The fourth-order valence-electron chi connectivity index (χ4n) is 4.92. The number of hydrogen-bond acceptors (Lipinski definition) is 8. The molecule has 1 aromatic heterocycles. The third-order valence-electron chi connectivity index (χ3n) is 7.35. The molecule has 0 unspecified atom stereocenters. The van der Waals surface area contributed by atoms with Gasteiger partial charge in [0.15, 0.2) is 5.96 Å². The summed E-state index contributed by atoms with van der Waals surface area (Å²) in [6.07, 6.45) is 3.16. The van der Waals surface area contributed by atoms with E-state index in [4.69, 9.17) is 11.5 Å². The number of aliphatic imine (C=N–C) groups is 1. The van der Waals surface area contributed by atoms with E-state index in [1.165, 1.54) is 0 Å². The number of nitrogens with zero attached hydrogens (tertiary/aromatic N) is 4. The van der Waals surface area contributed by atoms with Crippen LogP contribution in [0, 0.1) is 0 Å². The molecule has 3 aromatic carbocycles. The number of aromatic hydroxyl groups is 1. The van der Waals surface area contributed by atoms with E-state index in [2.05, 4.69) is 31.3 Å². The number of phenols is 1. The molecule has 0 aliphatic heterocycles. The van der Waals surface area contributed by atoms with Crippen LogP contribution in [-0.2, 0) is 34.0 Å². The van der Waals surface area contributed by atoms with Crippen LogP contribution >= 0.6 is 0 Å². The zero-order valence-corrected chi connectivity index (χ0v) is 26.1. The molecule has 13 nitrogen and oxygen atoms in total. The number of amides is 3. The van der Waals surface area contributed by atoms with Crippen LogP contribution in [0.2, 0.25) is 0 Å². The van der Waals surface area contributed by atoms with Crippen LogP contribution in [0.15, 0.2) is 96.1 Å². The average molecular weight is 640 g/mol. The van der Waals surface area contributed by atoms with Crippen LogP contribution < -0.4 is 27.4 Å². The van der Waals surface area contributed by atoms with E-state index in [9.17, 15) is 19.5 Å². The normalized spacial score (nSPS) is 12.0. The Kier molecular flexibility index (Phi) is 13.0. The molecule has 0 aliphatic rings. The molecule has 8 N–H and O–H groups in total. The van der Waals surface area contributed by atoms with Gasteiger partial charge in [0.2, 0.25) is 17.7 Å². The summed E-state index contributed by atoms with van der Waals surface area (Å²) in [5, 5.41) is 25.9. The van der Waals surface area contributed by atoms with Gasteiger partial charge in [-0.2, -0.15) is 0 Å². The van der Waals surface area contributed by atoms with Crippen molar-refractivity contribution in [3.05, 3.63) is 114 Å². The number of aromatic nitrogens is 3. The van der Waals surface area contributed by atoms with Gasteiger partial charge in [-0.1, -0.05) is 78.0 Å². The molecule has 13 heteroatoms. The molecule has 0 saturated heterocycles. The van der Waals surface area contributed by atoms with Gasteiger partial charge in [0.1, 0.15) is 11.8 Å². The molecular formula is C34H41N9O4. The molecule has 4 rings (SSSR count). The SMILES string of the molecule is NCc1cn(CCCC(=O)NC(N)=NCCC[C@@H](NC(=O)C(c2ccccc2)c2ccccc2)C(=O)NCc2ccc(O)cc2)nn1. The Labute approximate surface area is 273 Å². The minimum Gasteiger partial charge on any atom is -0.508 e. The number of guanidine groups is 1. The fraction of sp³-hybridized carbons (Fsp3) is 0.294. The first-order chi connectivity index (χ1) is 22.8. The molecule has 246 valence electrons. The molecule has 0 aliphatic carbocycles. The standard InChI is InChI=1S/C34H41N9O4/c35-21-27-23-43(42-41-27)20-8-14-30(45)40-34(36)37-19-7-13-29(32(46)38-22-24-15-17-28(44)18-16-24)39-33(47)31(25-9-3-1-4-10-25)26-11-5-2-6-12-26/h1-6,9-12,15-18,23,29,31,44H,7-8,13-14,19-22,35H2,(H,38,46)(H,39,47)(H3,36,37,40,45)/t29-/m1/s1. The molecule has 1 heterocycles. The number of carbonyl (C=O) groups excluding carboxylic acids is 3. The van der Waals surface area contributed by atoms with Crippen molar-refractivity contribution in [2.45, 2.75) is 57.3 Å². The van der Waals surface area contributed by atoms with E-state index >= 15 is 0 Å². The molecular weight excluding hydrogens is 598 g/mol. The van der Waals surface area contributed by atoms with Crippen LogP contribution in [0.25, 0.3) is 0 Å². The van der Waals surface area contributed by atoms with E-state index in [-0.39, 0.29) is 55.4 Å². The average Bonchev–Trinajstić information content (AvgIpc) is 3.55. The van der Waals surface area contributed by atoms with Crippen LogP contribution in [0.4, 0.5) is 0 Å². The van der Waals surface area contributed by atoms with Crippen molar-refractivity contribution in [1.29, 1.82) is 0 Å². The zero-order valence-electron chi connectivity index (χ0n) is 26.1. The van der Waals surface area contributed by atoms with E-state index in [1.54, 1.807) is 35.1 Å². The maximum absolute atomic E-state index is 13.8. The van der Waals surface area contributed by atoms with Crippen LogP contribution in [0.3, 0.4) is 0 Å². The second-order valence-corrected chi connectivity index (χ2v) is 10.9. The highest BCUT2D eigenvalue weighted by molar-refractivity contribution is 5.96. The molecule has 4 aromatic rings. The topological polar surface area (TPSA) is 203 Å². The second kappa shape index (κ2) is 17.8. The van der Waals surface area contributed by atoms with Crippen LogP contribution in [0.5, 0.6) is 5.75 Å². The molecule has 3 amide bonds. The van der Waals surface area contributed by atoms with Gasteiger partial charge >= 0.3 is 0 Å². The number of nitrogens with one attached hydrogen (secondary N) is 3. The Morgan fingerprint density at radius 1 is 0.894 bits per heavy atom. The smallest absolute Gasteiger partial charge is 0.242 e. The van der Waals surface area contributed by atoms with E-state index in [1.807, 2.05) is 60.7 Å². The summed E-state index contributed by atoms with van der Waals surface area (Å²) in [4.78, 5) is 43.7. The van der Waals surface area contributed by atoms with Crippen LogP contribution in [-0.4, -0.2) is 56.4 Å². The third-order valence-corrected chi connectivity index (χ3v) is 7.35. The van der Waals surface area contributed by atoms with Crippen molar-refractivity contribution in [3.63, 3.8) is 0 Å². The molecule has 0 saturated carbocycles. The van der Waals surface area contributed by atoms with Gasteiger partial charge in [0, 0.05) is 38.8 Å². The summed E-state index contributed by atoms with van der Waals surface area (Å²) in [6, 6.07) is 24.4. The fourth-order valence-corrected chi connectivity index (χ4v) is 4.92. The van der Waals surface area contributed by atoms with Gasteiger partial charge in [-0.05, 0) is 48.1 Å². The van der Waals surface area contributed by atoms with Gasteiger partial charge in [0.05, 0.1) is 11.6 Å². The maximum Gasteiger partial charge on any atom is 0.242 e. The van der Waals surface area contributed by atoms with Gasteiger partial charge in [-0.3, -0.25) is 29.4 Å². The predicted molar refractivity (Wildman–Crippen MR) is 178 cm³/mol. The number of aryl methyl sites for hydroxylation is 1. The van der Waals surface area contributed by atoms with Crippen LogP contribution in [0.1, 0.15) is 54.0 Å². The van der Waals surface area contributed by atoms with Gasteiger partial charge in [0.25, 0.3) is 0 Å². The summed E-state index contributed by atoms with van der Waals surface area (Å²) in [7, 11) is 0. The molecule has 0 bridgehead atoms. The summed E-state index contributed by atoms with van der Waals surface area (Å²) >= 11 is 0. The van der Waals surface area contributed by atoms with Crippen molar-refractivity contribution in [1.82, 2.24) is 30.9 Å². The van der Waals surface area contributed by atoms with Crippen molar-refractivity contribution < 1.29 is 19.5 Å². The van der Waals surface area contributed by atoms with Crippen molar-refractivity contribution >= 4 is 23.7 Å². The Hall–Kier alpha value is -5.56. The first kappa shape index (κ1) is 34.3. The predicted octanol–water partition coefficient (Wildman–Crippen LogP) is 2.07. The van der Waals surface area contributed by atoms with Gasteiger partial charge < -0.3 is 27.2 Å². The molecule has 0 radical (unpaired) electrons. The Bertz CT molecular complexity index is 1570. The third kappa shape index (κ3) is 11.1. The highest BCUT2D eigenvalue weighted by Gasteiger charge is 2.27. The maximum atomic E-state index is 13.8. The largest absolute Gasteiger partial charge is 0.508 e. The highest BCUT2D eigenvalue weighted by Crippen LogP contribution is 2.25. The summed E-state index contributed by atoms with van der Waals surface area (Å²) in [5.74, 6) is -1.47. The van der Waals surface area contributed by atoms with E-state index < -0.39 is 12.0 Å². The van der Waals surface area contributed by atoms with Gasteiger partial charge in [-0.25, -0.2) is 0 Å². The second-order valence-electron chi connectivity index (χ2n) is 10.9. The lowest BCUT2D eigenvalue weighted by Gasteiger charge is -2.23. The van der Waals surface area contributed by atoms with E-state index in [0.717, 1.165) is 16.7 Å². The minimum absolute atomic E-state index is 0.0215. The molecule has 0 spiro atoms. The monoisotopic (exact) mass is 639 g/mol. The lowest BCUT2D eigenvalue weighted by molar-refractivity contribution is -0.129. The summed E-state index contributed by atoms with van der Waals surface area (Å²) < 4.78 is 1.63. The highest BCUT2D eigenvalue weighted by atomic mass is 16.3. The lowest BCUT2D eigenvalue weighted by atomic mass is 9.90. The minimum atomic E-state index is -0.864. The summed E-state index contributed by atoms with van der Waals surface area (Å²) in [5.41, 5.74) is 14.5. The number of nitrogens with two attached hydrogens (primary N) is 2. The lowest BCUT2D eigenvalue weighted by Crippen LogP contribution is -2.48. The van der Waals surface area contributed by atoms with Gasteiger partial charge in [-0.15, -0.1) is 5.10 Å². The number of benzene rings is 3. The number of carbonyl (C=O) groups is 3. The Morgan fingerprint density at radius 3 is 2.17 bits per heavy atom. The number of hydrogen-bond donors (Lipinski definition) is 6. The first-order valence-electron chi connectivity index (χ1n) is 15.5. The molecule has 1 atom stereocenters. The zero-order chi connectivity index (χ0) is 33.4. The summed E-state index contributed by atoms with van der Waals surface area (Å²) in [6.45, 7) is 1.25. The Morgan fingerprint density at radius 2 is 1.55 bits per heavy atom. The number of rotatable bonds is 16. The van der Waals surface area contributed by atoms with Crippen molar-refractivity contribution in [2.75, 3.05) is 6.54 Å². The van der Waals surface area contributed by atoms with Crippen molar-refractivity contribution in [3.8, 4) is 5.75 Å². The quantitative estimate of drug-likeness (QED) is 0.0607. The van der Waals surface area contributed by atoms with E-state index in [0.29, 0.717) is 31.6 Å². The molecule has 47 heavy (non-hydrogen) atoms.